The van der Waals surface area contributed by atoms with Crippen LogP contribution in [0.4, 0.5) is 0 Å². The molecule has 2 rings (SSSR count). The topological polar surface area (TPSA) is 47.0 Å². The lowest BCUT2D eigenvalue weighted by Crippen LogP contribution is -2.04. The van der Waals surface area contributed by atoms with Crippen molar-refractivity contribution in [1.82, 2.24) is 15.5 Å². The van der Waals surface area contributed by atoms with Crippen LogP contribution in [0.25, 0.3) is 0 Å². The first-order valence-electron chi connectivity index (χ1n) is 5.91. The molecular formula is C13H17N3OS. The van der Waals surface area contributed by atoms with Crippen molar-refractivity contribution in [2.75, 3.05) is 14.2 Å². The van der Waals surface area contributed by atoms with Gasteiger partial charge >= 0.3 is 0 Å². The van der Waals surface area contributed by atoms with Crippen molar-refractivity contribution in [3.05, 3.63) is 39.8 Å². The largest absolute Gasteiger partial charge is 0.496 e. The first-order valence-corrected chi connectivity index (χ1v) is 6.73. The first kappa shape index (κ1) is 13.0. The van der Waals surface area contributed by atoms with Crippen LogP contribution in [0.3, 0.4) is 0 Å². The number of nitrogens with one attached hydrogen (secondary N) is 1. The summed E-state index contributed by atoms with van der Waals surface area (Å²) < 4.78 is 5.33. The summed E-state index contributed by atoms with van der Waals surface area (Å²) in [7, 11) is 3.62. The zero-order chi connectivity index (χ0) is 12.8. The van der Waals surface area contributed by atoms with E-state index in [1.54, 1.807) is 18.4 Å². The first-order chi connectivity index (χ1) is 8.83. The number of aromatic nitrogens is 2. The van der Waals surface area contributed by atoms with Gasteiger partial charge in [0.2, 0.25) is 0 Å². The predicted molar refractivity (Wildman–Crippen MR) is 73.1 cm³/mol. The zero-order valence-corrected chi connectivity index (χ0v) is 11.5. The number of aryl methyl sites for hydroxylation is 2. The number of benzene rings is 1. The smallest absolute Gasteiger partial charge is 0.131 e. The summed E-state index contributed by atoms with van der Waals surface area (Å²) in [6, 6.07) is 8.10. The van der Waals surface area contributed by atoms with E-state index in [-0.39, 0.29) is 0 Å². The van der Waals surface area contributed by atoms with E-state index in [0.717, 1.165) is 35.2 Å². The third-order valence-corrected chi connectivity index (χ3v) is 3.62. The number of hydrogen-bond acceptors (Lipinski definition) is 5. The van der Waals surface area contributed by atoms with E-state index in [2.05, 4.69) is 21.6 Å². The molecule has 0 atom stereocenters. The molecule has 0 fully saturated rings. The Morgan fingerprint density at radius 1 is 1.17 bits per heavy atom. The van der Waals surface area contributed by atoms with Crippen LogP contribution in [0, 0.1) is 0 Å². The summed E-state index contributed by atoms with van der Waals surface area (Å²) in [4.78, 5) is 0. The van der Waals surface area contributed by atoms with Gasteiger partial charge in [-0.05, 0) is 25.1 Å². The monoisotopic (exact) mass is 263 g/mol. The van der Waals surface area contributed by atoms with E-state index in [1.165, 1.54) is 5.56 Å². The molecule has 2 aromatic rings. The van der Waals surface area contributed by atoms with Crippen molar-refractivity contribution >= 4 is 11.3 Å². The van der Waals surface area contributed by atoms with Crippen molar-refractivity contribution in [3.63, 3.8) is 0 Å². The number of para-hydroxylation sites is 1. The van der Waals surface area contributed by atoms with Crippen LogP contribution in [0.2, 0.25) is 0 Å². The number of nitrogens with zero attached hydrogens (tertiary/aromatic N) is 2. The summed E-state index contributed by atoms with van der Waals surface area (Å²) in [6.45, 7) is 0.784. The second-order valence-corrected chi connectivity index (χ2v) is 5.08. The molecule has 0 spiro atoms. The maximum absolute atomic E-state index is 5.33. The molecular weight excluding hydrogens is 246 g/mol. The highest BCUT2D eigenvalue weighted by atomic mass is 32.1. The minimum absolute atomic E-state index is 0.784. The molecule has 0 radical (unpaired) electrons. The highest BCUT2D eigenvalue weighted by molar-refractivity contribution is 7.11. The Kier molecular flexibility index (Phi) is 4.66. The Morgan fingerprint density at radius 3 is 2.72 bits per heavy atom. The Balaban J connectivity index is 1.97. The molecule has 0 bridgehead atoms. The Labute approximate surface area is 111 Å². The number of ether oxygens (including phenoxy) is 1. The van der Waals surface area contributed by atoms with Gasteiger partial charge in [-0.15, -0.1) is 21.5 Å². The van der Waals surface area contributed by atoms with Gasteiger partial charge in [-0.25, -0.2) is 0 Å². The van der Waals surface area contributed by atoms with E-state index in [9.17, 15) is 0 Å². The van der Waals surface area contributed by atoms with Crippen LogP contribution in [0.5, 0.6) is 5.75 Å². The Morgan fingerprint density at radius 2 is 1.94 bits per heavy atom. The van der Waals surface area contributed by atoms with E-state index in [0.29, 0.717) is 0 Å². The van der Waals surface area contributed by atoms with Gasteiger partial charge in [0, 0.05) is 13.0 Å². The Hall–Kier alpha value is -1.46. The van der Waals surface area contributed by atoms with Gasteiger partial charge in [-0.2, -0.15) is 0 Å². The standard InChI is InChI=1S/C13H17N3OS/c1-14-9-13-16-15-12(18-13)8-7-10-5-3-4-6-11(10)17-2/h3-6,14H,7-9H2,1-2H3. The second-order valence-electron chi connectivity index (χ2n) is 3.93. The molecule has 0 aliphatic heterocycles. The average Bonchev–Trinajstić information content (AvgIpc) is 2.85. The lowest BCUT2D eigenvalue weighted by molar-refractivity contribution is 0.409. The van der Waals surface area contributed by atoms with Gasteiger partial charge < -0.3 is 10.1 Å². The van der Waals surface area contributed by atoms with E-state index in [1.807, 2.05) is 25.2 Å². The molecule has 96 valence electrons. The van der Waals surface area contributed by atoms with Crippen molar-refractivity contribution in [2.45, 2.75) is 19.4 Å². The van der Waals surface area contributed by atoms with Gasteiger partial charge in [0.15, 0.2) is 0 Å². The minimum Gasteiger partial charge on any atom is -0.496 e. The summed E-state index contributed by atoms with van der Waals surface area (Å²) in [6.07, 6.45) is 1.83. The number of rotatable bonds is 6. The number of hydrogen-bond donors (Lipinski definition) is 1. The fraction of sp³-hybridized carbons (Fsp3) is 0.385. The zero-order valence-electron chi connectivity index (χ0n) is 10.6. The molecule has 1 aromatic carbocycles. The highest BCUT2D eigenvalue weighted by Crippen LogP contribution is 2.20. The van der Waals surface area contributed by atoms with Gasteiger partial charge in [-0.3, -0.25) is 0 Å². The molecule has 0 unspecified atom stereocenters. The van der Waals surface area contributed by atoms with Crippen LogP contribution < -0.4 is 10.1 Å². The molecule has 5 heteroatoms. The average molecular weight is 263 g/mol. The van der Waals surface area contributed by atoms with Gasteiger partial charge in [0.25, 0.3) is 0 Å². The molecule has 18 heavy (non-hydrogen) atoms. The fourth-order valence-electron chi connectivity index (χ4n) is 1.76. The van der Waals surface area contributed by atoms with E-state index >= 15 is 0 Å². The predicted octanol–water partition coefficient (Wildman–Crippen LogP) is 2.05. The molecule has 4 nitrogen and oxygen atoms in total. The summed E-state index contributed by atoms with van der Waals surface area (Å²) in [5.41, 5.74) is 1.21. The summed E-state index contributed by atoms with van der Waals surface area (Å²) in [5, 5.41) is 13.5. The van der Waals surface area contributed by atoms with E-state index in [4.69, 9.17) is 4.74 Å². The van der Waals surface area contributed by atoms with Gasteiger partial charge in [0.1, 0.15) is 15.8 Å². The van der Waals surface area contributed by atoms with Crippen LogP contribution in [-0.2, 0) is 19.4 Å². The highest BCUT2D eigenvalue weighted by Gasteiger charge is 2.06. The lowest BCUT2D eigenvalue weighted by atomic mass is 10.1. The molecule has 0 saturated carbocycles. The summed E-state index contributed by atoms with van der Waals surface area (Å²) in [5.74, 6) is 0.942. The molecule has 1 N–H and O–H groups in total. The van der Waals surface area contributed by atoms with Crippen LogP contribution in [0.15, 0.2) is 24.3 Å². The second kappa shape index (κ2) is 6.47. The molecule has 0 aliphatic rings. The van der Waals surface area contributed by atoms with Crippen molar-refractivity contribution in [1.29, 1.82) is 0 Å². The quantitative estimate of drug-likeness (QED) is 0.866. The van der Waals surface area contributed by atoms with Gasteiger partial charge in [-0.1, -0.05) is 18.2 Å². The van der Waals surface area contributed by atoms with Gasteiger partial charge in [0.05, 0.1) is 7.11 Å². The minimum atomic E-state index is 0.784. The normalized spacial score (nSPS) is 10.6. The fourth-order valence-corrected chi connectivity index (χ4v) is 2.62. The molecule has 1 aromatic heterocycles. The van der Waals surface area contributed by atoms with Crippen LogP contribution in [-0.4, -0.2) is 24.4 Å². The third kappa shape index (κ3) is 3.27. The van der Waals surface area contributed by atoms with Crippen LogP contribution in [0.1, 0.15) is 15.6 Å². The molecule has 0 saturated heterocycles. The number of methoxy groups -OCH3 is 1. The molecule has 0 amide bonds. The van der Waals surface area contributed by atoms with Crippen molar-refractivity contribution in [3.8, 4) is 5.75 Å². The SMILES string of the molecule is CNCc1nnc(CCc2ccccc2OC)s1. The lowest BCUT2D eigenvalue weighted by Gasteiger charge is -2.06. The van der Waals surface area contributed by atoms with Crippen molar-refractivity contribution < 1.29 is 4.74 Å². The Bertz CT molecular complexity index is 498. The molecule has 0 aliphatic carbocycles. The van der Waals surface area contributed by atoms with Crippen LogP contribution >= 0.6 is 11.3 Å². The third-order valence-electron chi connectivity index (χ3n) is 2.64. The van der Waals surface area contributed by atoms with Crippen molar-refractivity contribution in [2.24, 2.45) is 0 Å². The molecule has 1 heterocycles. The van der Waals surface area contributed by atoms with E-state index < -0.39 is 0 Å². The summed E-state index contributed by atoms with van der Waals surface area (Å²) >= 11 is 1.66. The maximum Gasteiger partial charge on any atom is 0.131 e. The maximum atomic E-state index is 5.33.